The Bertz CT molecular complexity index is 814. The Balaban J connectivity index is 1.75. The molecule has 0 atom stereocenters. The van der Waals surface area contributed by atoms with Crippen molar-refractivity contribution >= 4 is 15.9 Å². The van der Waals surface area contributed by atoms with E-state index in [-0.39, 0.29) is 22.6 Å². The van der Waals surface area contributed by atoms with Gasteiger partial charge in [-0.3, -0.25) is 4.79 Å². The van der Waals surface area contributed by atoms with Gasteiger partial charge in [-0.25, -0.2) is 13.1 Å². The topological polar surface area (TPSA) is 96.5 Å². The highest BCUT2D eigenvalue weighted by Gasteiger charge is 2.26. The number of methoxy groups -OCH3 is 1. The number of carbonyl (C=O) groups excluding carboxylic acids is 1. The molecule has 8 heteroatoms. The second-order valence-electron chi connectivity index (χ2n) is 6.97. The van der Waals surface area contributed by atoms with Crippen molar-refractivity contribution in [1.29, 1.82) is 0 Å². The van der Waals surface area contributed by atoms with Crippen molar-refractivity contribution in [2.24, 2.45) is 0 Å². The van der Waals surface area contributed by atoms with Crippen LogP contribution < -0.4 is 20.1 Å². The molecule has 148 valence electrons. The van der Waals surface area contributed by atoms with Gasteiger partial charge in [0.15, 0.2) is 0 Å². The Morgan fingerprint density at radius 3 is 2.74 bits per heavy atom. The first kappa shape index (κ1) is 19.9. The number of benzene rings is 1. The van der Waals surface area contributed by atoms with E-state index in [0.717, 1.165) is 45.2 Å². The van der Waals surface area contributed by atoms with Crippen LogP contribution in [-0.2, 0) is 10.0 Å². The number of sulfonamides is 1. The summed E-state index contributed by atoms with van der Waals surface area (Å²) in [5.74, 6) is -0.0625. The molecule has 2 aliphatic rings. The third kappa shape index (κ3) is 5.09. The van der Waals surface area contributed by atoms with Gasteiger partial charge in [0.25, 0.3) is 5.91 Å². The van der Waals surface area contributed by atoms with Crippen LogP contribution in [0.3, 0.4) is 0 Å². The summed E-state index contributed by atoms with van der Waals surface area (Å²) in [6.07, 6.45) is 6.70. The van der Waals surface area contributed by atoms with Crippen molar-refractivity contribution in [3.05, 3.63) is 35.4 Å². The SMILES string of the molecule is COc1ccc(C(=O)NCC2=CCNCC2)cc1S(=O)(=O)NC1CCCC1. The first-order chi connectivity index (χ1) is 13.0. The molecule has 1 saturated carbocycles. The molecular weight excluding hydrogens is 366 g/mol. The molecule has 7 nitrogen and oxygen atoms in total. The summed E-state index contributed by atoms with van der Waals surface area (Å²) in [6.45, 7) is 2.18. The minimum absolute atomic E-state index is 0.00521. The van der Waals surface area contributed by atoms with Gasteiger partial charge >= 0.3 is 0 Å². The van der Waals surface area contributed by atoms with E-state index >= 15 is 0 Å². The molecule has 1 amide bonds. The number of nitrogens with one attached hydrogen (secondary N) is 3. The van der Waals surface area contributed by atoms with E-state index in [1.807, 2.05) is 0 Å². The summed E-state index contributed by atoms with van der Waals surface area (Å²) in [5.41, 5.74) is 1.48. The van der Waals surface area contributed by atoms with Crippen molar-refractivity contribution in [3.8, 4) is 5.75 Å². The Hall–Kier alpha value is -1.90. The number of rotatable bonds is 7. The van der Waals surface area contributed by atoms with Crippen LogP contribution in [0.25, 0.3) is 0 Å². The average Bonchev–Trinajstić information content (AvgIpc) is 3.18. The van der Waals surface area contributed by atoms with Crippen LogP contribution in [-0.4, -0.2) is 47.1 Å². The standard InChI is InChI=1S/C19H27N3O4S/c1-26-17-7-6-15(19(23)21-13-14-8-10-20-11-9-14)12-18(17)27(24,25)22-16-4-2-3-5-16/h6-8,12,16,20,22H,2-5,9-11,13H2,1H3,(H,21,23). The van der Waals surface area contributed by atoms with Crippen LogP contribution in [0.1, 0.15) is 42.5 Å². The molecule has 0 radical (unpaired) electrons. The molecule has 1 aromatic carbocycles. The van der Waals surface area contributed by atoms with Crippen molar-refractivity contribution in [3.63, 3.8) is 0 Å². The Kier molecular flexibility index (Phi) is 6.51. The molecule has 0 unspecified atom stereocenters. The van der Waals surface area contributed by atoms with Crippen LogP contribution in [0.4, 0.5) is 0 Å². The maximum absolute atomic E-state index is 12.8. The van der Waals surface area contributed by atoms with Crippen molar-refractivity contribution in [1.82, 2.24) is 15.4 Å². The third-order valence-electron chi connectivity index (χ3n) is 5.03. The van der Waals surface area contributed by atoms with Crippen LogP contribution >= 0.6 is 0 Å². The van der Waals surface area contributed by atoms with Crippen LogP contribution in [0.2, 0.25) is 0 Å². The summed E-state index contributed by atoms with van der Waals surface area (Å²) >= 11 is 0. The monoisotopic (exact) mass is 393 g/mol. The van der Waals surface area contributed by atoms with Gasteiger partial charge in [0, 0.05) is 24.7 Å². The van der Waals surface area contributed by atoms with Gasteiger partial charge in [0.2, 0.25) is 10.0 Å². The zero-order chi connectivity index (χ0) is 19.3. The Labute approximate surface area is 160 Å². The lowest BCUT2D eigenvalue weighted by Gasteiger charge is -2.16. The molecule has 1 fully saturated rings. The van der Waals surface area contributed by atoms with Gasteiger partial charge < -0.3 is 15.4 Å². The van der Waals surface area contributed by atoms with Crippen LogP contribution in [0, 0.1) is 0 Å². The second kappa shape index (κ2) is 8.86. The molecule has 1 aromatic rings. The predicted molar refractivity (Wildman–Crippen MR) is 103 cm³/mol. The fourth-order valence-corrected chi connectivity index (χ4v) is 4.98. The number of carbonyl (C=O) groups is 1. The second-order valence-corrected chi connectivity index (χ2v) is 8.65. The van der Waals surface area contributed by atoms with Gasteiger partial charge in [-0.15, -0.1) is 0 Å². The lowest BCUT2D eigenvalue weighted by atomic mass is 10.1. The molecule has 0 aromatic heterocycles. The van der Waals surface area contributed by atoms with Gasteiger partial charge in [0.1, 0.15) is 10.6 Å². The minimum atomic E-state index is -3.75. The van der Waals surface area contributed by atoms with Gasteiger partial charge in [-0.05, 0) is 44.0 Å². The molecule has 0 bridgehead atoms. The van der Waals surface area contributed by atoms with E-state index < -0.39 is 10.0 Å². The third-order valence-corrected chi connectivity index (χ3v) is 6.57. The Morgan fingerprint density at radius 1 is 1.30 bits per heavy atom. The fraction of sp³-hybridized carbons (Fsp3) is 0.526. The molecule has 3 rings (SSSR count). The highest BCUT2D eigenvalue weighted by Crippen LogP contribution is 2.27. The Morgan fingerprint density at radius 2 is 2.07 bits per heavy atom. The smallest absolute Gasteiger partial charge is 0.251 e. The summed E-state index contributed by atoms with van der Waals surface area (Å²) < 4.78 is 33.6. The van der Waals surface area contributed by atoms with Crippen molar-refractivity contribution in [2.75, 3.05) is 26.7 Å². The number of hydrogen-bond donors (Lipinski definition) is 3. The normalized spacial score (nSPS) is 18.2. The van der Waals surface area contributed by atoms with E-state index in [9.17, 15) is 13.2 Å². The molecule has 1 aliphatic carbocycles. The predicted octanol–water partition coefficient (Wildman–Crippen LogP) is 1.57. The number of amides is 1. The molecule has 0 saturated heterocycles. The maximum Gasteiger partial charge on any atom is 0.251 e. The molecule has 0 spiro atoms. The zero-order valence-electron chi connectivity index (χ0n) is 15.6. The number of hydrogen-bond acceptors (Lipinski definition) is 5. The summed E-state index contributed by atoms with van der Waals surface area (Å²) in [7, 11) is -2.33. The van der Waals surface area contributed by atoms with E-state index in [2.05, 4.69) is 21.4 Å². The quantitative estimate of drug-likeness (QED) is 0.611. The van der Waals surface area contributed by atoms with Crippen molar-refractivity contribution in [2.45, 2.75) is 43.0 Å². The molecule has 1 heterocycles. The highest BCUT2D eigenvalue weighted by molar-refractivity contribution is 7.89. The van der Waals surface area contributed by atoms with Gasteiger partial charge in [-0.2, -0.15) is 0 Å². The summed E-state index contributed by atoms with van der Waals surface area (Å²) in [6, 6.07) is 4.45. The van der Waals surface area contributed by atoms with E-state index in [4.69, 9.17) is 4.74 Å². The van der Waals surface area contributed by atoms with Crippen LogP contribution in [0.5, 0.6) is 5.75 Å². The van der Waals surface area contributed by atoms with Gasteiger partial charge in [0.05, 0.1) is 7.11 Å². The molecule has 1 aliphatic heterocycles. The molecule has 3 N–H and O–H groups in total. The summed E-state index contributed by atoms with van der Waals surface area (Å²) in [5, 5.41) is 6.09. The first-order valence-electron chi connectivity index (χ1n) is 9.37. The largest absolute Gasteiger partial charge is 0.495 e. The first-order valence-corrected chi connectivity index (χ1v) is 10.8. The fourth-order valence-electron chi connectivity index (χ4n) is 3.48. The van der Waals surface area contributed by atoms with E-state index in [1.165, 1.54) is 24.8 Å². The number of ether oxygens (including phenoxy) is 1. The maximum atomic E-state index is 12.8. The average molecular weight is 394 g/mol. The molecule has 27 heavy (non-hydrogen) atoms. The molecular formula is C19H27N3O4S. The van der Waals surface area contributed by atoms with E-state index in [1.54, 1.807) is 6.07 Å². The lowest BCUT2D eigenvalue weighted by molar-refractivity contribution is 0.0956. The zero-order valence-corrected chi connectivity index (χ0v) is 16.4. The van der Waals surface area contributed by atoms with Crippen molar-refractivity contribution < 1.29 is 17.9 Å². The summed E-state index contributed by atoms with van der Waals surface area (Å²) in [4.78, 5) is 12.5. The van der Waals surface area contributed by atoms with Gasteiger partial charge in [-0.1, -0.05) is 24.5 Å². The van der Waals surface area contributed by atoms with E-state index in [0.29, 0.717) is 12.1 Å². The highest BCUT2D eigenvalue weighted by atomic mass is 32.2. The lowest BCUT2D eigenvalue weighted by Crippen LogP contribution is -2.33. The van der Waals surface area contributed by atoms with Crippen LogP contribution in [0.15, 0.2) is 34.7 Å². The minimum Gasteiger partial charge on any atom is -0.495 e.